The van der Waals surface area contributed by atoms with Gasteiger partial charge in [-0.25, -0.2) is 13.4 Å². The Morgan fingerprint density at radius 1 is 1.50 bits per heavy atom. The van der Waals surface area contributed by atoms with Crippen molar-refractivity contribution in [2.24, 2.45) is 10.4 Å². The molecule has 1 fully saturated rings. The van der Waals surface area contributed by atoms with Crippen LogP contribution in [0.2, 0.25) is 0 Å². The third-order valence-electron chi connectivity index (χ3n) is 3.43. The molecule has 2 heterocycles. The van der Waals surface area contributed by atoms with Crippen molar-refractivity contribution in [1.29, 1.82) is 0 Å². The summed E-state index contributed by atoms with van der Waals surface area (Å²) in [6.07, 6.45) is 1.49. The molecule has 0 saturated carbocycles. The molecule has 124 valence electrons. The molecule has 0 unspecified atom stereocenters. The predicted molar refractivity (Wildman–Crippen MR) is 79.1 cm³/mol. The van der Waals surface area contributed by atoms with Gasteiger partial charge in [-0.05, 0) is 25.2 Å². The molecule has 2 rings (SSSR count). The van der Waals surface area contributed by atoms with Gasteiger partial charge in [0, 0.05) is 0 Å². The van der Waals surface area contributed by atoms with E-state index in [9.17, 15) is 13.5 Å². The Bertz CT molecular complexity index is 685. The van der Waals surface area contributed by atoms with Crippen LogP contribution < -0.4 is 14.9 Å². The number of hydrogen-bond acceptors (Lipinski definition) is 7. The van der Waals surface area contributed by atoms with Gasteiger partial charge < -0.3 is 5.11 Å². The average molecular weight is 330 g/mol. The Morgan fingerprint density at radius 2 is 2.14 bits per heavy atom. The molecule has 0 bridgehead atoms. The molecule has 22 heavy (non-hydrogen) atoms. The van der Waals surface area contributed by atoms with Gasteiger partial charge in [0.25, 0.3) is 6.20 Å². The largest absolute Gasteiger partial charge is 0.861 e. The van der Waals surface area contributed by atoms with Crippen LogP contribution in [0.3, 0.4) is 0 Å². The van der Waals surface area contributed by atoms with E-state index in [-0.39, 0.29) is 23.3 Å². The van der Waals surface area contributed by atoms with Gasteiger partial charge in [-0.3, -0.25) is 4.52 Å². The lowest BCUT2D eigenvalue weighted by molar-refractivity contribution is -0.764. The van der Waals surface area contributed by atoms with Crippen molar-refractivity contribution in [1.82, 2.24) is 5.27 Å². The van der Waals surface area contributed by atoms with Crippen LogP contribution in [0.25, 0.3) is 0 Å². The first-order valence-corrected chi connectivity index (χ1v) is 8.86. The molecule has 0 radical (unpaired) electrons. The lowest BCUT2D eigenvalue weighted by Crippen LogP contribution is -2.72. The molecule has 9 heteroatoms. The summed E-state index contributed by atoms with van der Waals surface area (Å²) in [7, 11) is -3.05. The van der Waals surface area contributed by atoms with Crippen molar-refractivity contribution in [3.63, 3.8) is 0 Å². The summed E-state index contributed by atoms with van der Waals surface area (Å²) >= 11 is 0. The van der Waals surface area contributed by atoms with Crippen LogP contribution in [0.15, 0.2) is 15.7 Å². The summed E-state index contributed by atoms with van der Waals surface area (Å²) in [6.45, 7) is 9.25. The van der Waals surface area contributed by atoms with Crippen LogP contribution >= 0.6 is 0 Å². The molecule has 0 amide bonds. The molecule has 1 aliphatic rings. The second-order valence-electron chi connectivity index (χ2n) is 7.16. The number of hydrogen-bond donors (Lipinski definition) is 0. The van der Waals surface area contributed by atoms with Gasteiger partial charge in [-0.1, -0.05) is 20.8 Å². The summed E-state index contributed by atoms with van der Waals surface area (Å²) in [6, 6.07) is 0. The van der Waals surface area contributed by atoms with Crippen LogP contribution in [-0.4, -0.2) is 43.2 Å². The fraction of sp³-hybridized carbons (Fsp3) is 0.769. The van der Waals surface area contributed by atoms with Crippen molar-refractivity contribution in [3.05, 3.63) is 6.20 Å². The van der Waals surface area contributed by atoms with E-state index < -0.39 is 20.8 Å². The number of rotatable bonds is 2. The summed E-state index contributed by atoms with van der Waals surface area (Å²) in [5.41, 5.74) is -1.22. The standard InChI is InChI=1S/C13H22N4O4S/c1-12(2,3)11(18)14-10-8-17(15-21-10)16-6-7-22(19,20)9-13(16,4)5/h8H,6-7,9H2,1-5H3. The van der Waals surface area contributed by atoms with Crippen LogP contribution in [0.5, 0.6) is 0 Å². The molecule has 1 aromatic rings. The molecule has 1 saturated heterocycles. The van der Waals surface area contributed by atoms with E-state index in [0.717, 1.165) is 0 Å². The van der Waals surface area contributed by atoms with E-state index >= 15 is 0 Å². The Morgan fingerprint density at radius 3 is 2.68 bits per heavy atom. The van der Waals surface area contributed by atoms with Gasteiger partial charge in [0.1, 0.15) is 5.54 Å². The molecule has 0 aliphatic carbocycles. The second kappa shape index (κ2) is 5.22. The third-order valence-corrected chi connectivity index (χ3v) is 5.38. The fourth-order valence-electron chi connectivity index (χ4n) is 2.25. The predicted octanol–water partition coefficient (Wildman–Crippen LogP) is -0.456. The topological polar surface area (TPSA) is 103 Å². The quantitative estimate of drug-likeness (QED) is 0.413. The summed E-state index contributed by atoms with van der Waals surface area (Å²) in [5.74, 6) is -0.114. The van der Waals surface area contributed by atoms with E-state index in [0.29, 0.717) is 6.54 Å². The maximum Gasteiger partial charge on any atom is 0.324 e. The van der Waals surface area contributed by atoms with E-state index in [4.69, 9.17) is 4.52 Å². The van der Waals surface area contributed by atoms with E-state index in [1.54, 1.807) is 25.8 Å². The molecular formula is C13H22N4O4S. The second-order valence-corrected chi connectivity index (χ2v) is 9.34. The maximum absolute atomic E-state index is 11.9. The highest BCUT2D eigenvalue weighted by molar-refractivity contribution is 7.91. The van der Waals surface area contributed by atoms with Crippen LogP contribution in [0.4, 0.5) is 5.88 Å². The smallest absolute Gasteiger partial charge is 0.324 e. The first kappa shape index (κ1) is 16.7. The van der Waals surface area contributed by atoms with Crippen molar-refractivity contribution >= 4 is 21.6 Å². The van der Waals surface area contributed by atoms with Crippen molar-refractivity contribution in [3.8, 4) is 0 Å². The highest BCUT2D eigenvalue weighted by atomic mass is 32.2. The third kappa shape index (κ3) is 3.57. The number of sulfone groups is 1. The zero-order valence-corrected chi connectivity index (χ0v) is 14.3. The minimum absolute atomic E-state index is 0.0350. The number of aromatic nitrogens is 2. The lowest BCUT2D eigenvalue weighted by atomic mass is 9.97. The van der Waals surface area contributed by atoms with Crippen LogP contribution in [-0.2, 0) is 9.84 Å². The van der Waals surface area contributed by atoms with Crippen LogP contribution in [0, 0.1) is 5.41 Å². The Balaban J connectivity index is 2.26. The average Bonchev–Trinajstić information content (AvgIpc) is 2.73. The van der Waals surface area contributed by atoms with Crippen LogP contribution in [0.1, 0.15) is 34.6 Å². The zero-order chi connectivity index (χ0) is 16.8. The molecule has 0 atom stereocenters. The van der Waals surface area contributed by atoms with E-state index in [1.165, 1.54) is 11.0 Å². The summed E-state index contributed by atoms with van der Waals surface area (Å²) < 4.78 is 28.6. The maximum atomic E-state index is 11.9. The molecule has 0 N–H and O–H groups in total. The Kier molecular flexibility index (Phi) is 3.97. The zero-order valence-electron chi connectivity index (χ0n) is 13.5. The fourth-order valence-corrected chi connectivity index (χ4v) is 4.07. The molecular weight excluding hydrogens is 308 g/mol. The highest BCUT2D eigenvalue weighted by Crippen LogP contribution is 2.20. The van der Waals surface area contributed by atoms with Crippen molar-refractivity contribution < 1.29 is 22.8 Å². The summed E-state index contributed by atoms with van der Waals surface area (Å²) in [4.78, 5) is 5.31. The first-order chi connectivity index (χ1) is 9.91. The van der Waals surface area contributed by atoms with Gasteiger partial charge in [-0.2, -0.15) is 0 Å². The Hall–Kier alpha value is -1.64. The van der Waals surface area contributed by atoms with Gasteiger partial charge >= 0.3 is 5.88 Å². The molecule has 0 spiro atoms. The van der Waals surface area contributed by atoms with Crippen molar-refractivity contribution in [2.75, 3.05) is 23.1 Å². The van der Waals surface area contributed by atoms with E-state index in [2.05, 4.69) is 10.3 Å². The highest BCUT2D eigenvalue weighted by Gasteiger charge is 2.44. The summed E-state index contributed by atoms with van der Waals surface area (Å²) in [5, 5.41) is 17.5. The van der Waals surface area contributed by atoms with Gasteiger partial charge in [-0.15, -0.1) is 5.01 Å². The Labute approximate surface area is 130 Å². The van der Waals surface area contributed by atoms with E-state index in [1.807, 2.05) is 13.8 Å². The molecule has 1 aliphatic heterocycles. The molecule has 1 aromatic heterocycles. The first-order valence-electron chi connectivity index (χ1n) is 7.04. The normalized spacial score (nSPS) is 21.9. The van der Waals surface area contributed by atoms with Gasteiger partial charge in [0.15, 0.2) is 9.84 Å². The number of aliphatic imine (C=N–C) groups is 1. The monoisotopic (exact) mass is 330 g/mol. The SMILES string of the molecule is CC(C)(C)C([O-])=Nc1c[n+](N2CCS(=O)(=O)CC2(C)C)no1. The van der Waals surface area contributed by atoms with Gasteiger partial charge in [0.2, 0.25) is 5.27 Å². The van der Waals surface area contributed by atoms with Crippen molar-refractivity contribution in [2.45, 2.75) is 40.2 Å². The minimum Gasteiger partial charge on any atom is -0.861 e. The lowest BCUT2D eigenvalue weighted by Gasteiger charge is -2.35. The molecule has 8 nitrogen and oxygen atoms in total. The minimum atomic E-state index is -3.05. The molecule has 0 aromatic carbocycles. The van der Waals surface area contributed by atoms with Gasteiger partial charge in [0.05, 0.1) is 22.8 Å². The number of nitrogens with zero attached hydrogens (tertiary/aromatic N) is 4.